The van der Waals surface area contributed by atoms with Gasteiger partial charge in [0.05, 0.1) is 49.9 Å². The third kappa shape index (κ3) is 4.29. The summed E-state index contributed by atoms with van der Waals surface area (Å²) in [4.78, 5) is 18.3. The molecule has 1 aliphatic heterocycles. The van der Waals surface area contributed by atoms with E-state index >= 15 is 0 Å². The van der Waals surface area contributed by atoms with Crippen LogP contribution >= 0.6 is 23.2 Å². The lowest BCUT2D eigenvalue weighted by atomic mass is 10.0. The largest absolute Gasteiger partial charge is 0.322 e. The van der Waals surface area contributed by atoms with Crippen LogP contribution in [0.15, 0.2) is 54.6 Å². The van der Waals surface area contributed by atoms with Crippen LogP contribution < -0.4 is 5.32 Å². The fourth-order valence-electron chi connectivity index (χ4n) is 4.24. The molecule has 34 heavy (non-hydrogen) atoms. The minimum Gasteiger partial charge on any atom is -0.322 e. The first-order valence-corrected chi connectivity index (χ1v) is 13.2. The molecular formula is C24H20Cl2N4O3S. The number of aromatic nitrogens is 3. The average molecular weight is 515 g/mol. The van der Waals surface area contributed by atoms with E-state index in [1.807, 2.05) is 30.3 Å². The van der Waals surface area contributed by atoms with Gasteiger partial charge in [0.15, 0.2) is 15.5 Å². The number of fused-ring (bicyclic) bond motifs is 1. The van der Waals surface area contributed by atoms with Crippen LogP contribution in [0.2, 0.25) is 10.0 Å². The average Bonchev–Trinajstić information content (AvgIpc) is 3.35. The van der Waals surface area contributed by atoms with Crippen molar-refractivity contribution in [2.45, 2.75) is 19.4 Å². The molecule has 0 spiro atoms. The molecule has 1 fully saturated rings. The van der Waals surface area contributed by atoms with Crippen LogP contribution in [0.3, 0.4) is 0 Å². The van der Waals surface area contributed by atoms with Crippen molar-refractivity contribution in [3.8, 4) is 11.3 Å². The normalized spacial score (nSPS) is 17.2. The van der Waals surface area contributed by atoms with E-state index in [0.717, 1.165) is 5.56 Å². The number of rotatable bonds is 4. The topological polar surface area (TPSA) is 93.9 Å². The summed E-state index contributed by atoms with van der Waals surface area (Å²) in [5.74, 6) is -0.239. The number of carbonyl (C=O) groups excluding carboxylic acids is 1. The molecule has 0 radical (unpaired) electrons. The highest BCUT2D eigenvalue weighted by atomic mass is 35.5. The number of hydrogen-bond donors (Lipinski definition) is 1. The fourth-order valence-corrected chi connectivity index (χ4v) is 6.23. The van der Waals surface area contributed by atoms with E-state index < -0.39 is 9.84 Å². The summed E-state index contributed by atoms with van der Waals surface area (Å²) < 4.78 is 25.9. The van der Waals surface area contributed by atoms with Crippen molar-refractivity contribution in [3.63, 3.8) is 0 Å². The molecule has 1 saturated heterocycles. The highest BCUT2D eigenvalue weighted by Gasteiger charge is 2.32. The summed E-state index contributed by atoms with van der Waals surface area (Å²) >= 11 is 12.1. The Morgan fingerprint density at radius 2 is 1.85 bits per heavy atom. The van der Waals surface area contributed by atoms with Gasteiger partial charge in [-0.25, -0.2) is 18.1 Å². The van der Waals surface area contributed by atoms with Crippen molar-refractivity contribution < 1.29 is 13.2 Å². The Bertz CT molecular complexity index is 1540. The van der Waals surface area contributed by atoms with Crippen LogP contribution in [0.1, 0.15) is 28.5 Å². The van der Waals surface area contributed by atoms with E-state index in [2.05, 4.69) is 10.4 Å². The van der Waals surface area contributed by atoms with Gasteiger partial charge in [0, 0.05) is 11.3 Å². The van der Waals surface area contributed by atoms with Gasteiger partial charge >= 0.3 is 0 Å². The summed E-state index contributed by atoms with van der Waals surface area (Å²) in [5.41, 5.74) is 3.40. The van der Waals surface area contributed by atoms with Crippen molar-refractivity contribution in [1.82, 2.24) is 14.8 Å². The van der Waals surface area contributed by atoms with Gasteiger partial charge in [-0.05, 0) is 37.6 Å². The monoisotopic (exact) mass is 514 g/mol. The van der Waals surface area contributed by atoms with Gasteiger partial charge in [-0.1, -0.05) is 53.5 Å². The van der Waals surface area contributed by atoms with Crippen molar-refractivity contribution >= 4 is 55.7 Å². The molecule has 2 aromatic carbocycles. The first kappa shape index (κ1) is 22.8. The number of sulfone groups is 1. The van der Waals surface area contributed by atoms with Gasteiger partial charge in [-0.2, -0.15) is 5.10 Å². The molecule has 0 saturated carbocycles. The molecule has 1 N–H and O–H groups in total. The number of aryl methyl sites for hydroxylation is 1. The molecule has 0 aliphatic carbocycles. The second kappa shape index (κ2) is 8.69. The fraction of sp³-hybridized carbons (Fsp3) is 0.208. The third-order valence-electron chi connectivity index (χ3n) is 5.88. The maximum atomic E-state index is 13.4. The molecule has 10 heteroatoms. The van der Waals surface area contributed by atoms with Crippen LogP contribution in [0, 0.1) is 6.92 Å². The number of carbonyl (C=O) groups is 1. The van der Waals surface area contributed by atoms with Gasteiger partial charge in [0.1, 0.15) is 0 Å². The Hall–Kier alpha value is -2.94. The first-order chi connectivity index (χ1) is 16.2. The molecular weight excluding hydrogens is 495 g/mol. The zero-order valence-electron chi connectivity index (χ0n) is 18.1. The number of pyridine rings is 1. The molecule has 5 rings (SSSR count). The van der Waals surface area contributed by atoms with Crippen molar-refractivity contribution in [1.29, 1.82) is 0 Å². The molecule has 7 nitrogen and oxygen atoms in total. The molecule has 3 heterocycles. The second-order valence-corrected chi connectivity index (χ2v) is 11.3. The zero-order valence-corrected chi connectivity index (χ0v) is 20.5. The van der Waals surface area contributed by atoms with Gasteiger partial charge < -0.3 is 5.32 Å². The second-order valence-electron chi connectivity index (χ2n) is 8.29. The number of benzene rings is 2. The molecule has 0 bridgehead atoms. The minimum atomic E-state index is -3.13. The number of nitrogens with one attached hydrogen (secondary N) is 1. The van der Waals surface area contributed by atoms with Crippen molar-refractivity contribution in [2.75, 3.05) is 16.8 Å². The van der Waals surface area contributed by atoms with Crippen LogP contribution in [-0.4, -0.2) is 40.6 Å². The van der Waals surface area contributed by atoms with E-state index in [0.29, 0.717) is 50.1 Å². The zero-order chi connectivity index (χ0) is 24.0. The predicted molar refractivity (Wildman–Crippen MR) is 134 cm³/mol. The van der Waals surface area contributed by atoms with E-state index in [1.54, 1.807) is 35.9 Å². The highest BCUT2D eigenvalue weighted by Crippen LogP contribution is 2.33. The van der Waals surface area contributed by atoms with Crippen molar-refractivity contribution in [2.24, 2.45) is 0 Å². The van der Waals surface area contributed by atoms with Crippen LogP contribution in [0.5, 0.6) is 0 Å². The van der Waals surface area contributed by atoms with Crippen LogP contribution in [0.25, 0.3) is 22.3 Å². The van der Waals surface area contributed by atoms with E-state index in [4.69, 9.17) is 28.2 Å². The molecule has 1 atom stereocenters. The number of amides is 1. The lowest BCUT2D eigenvalue weighted by Crippen LogP contribution is -2.15. The summed E-state index contributed by atoms with van der Waals surface area (Å²) in [7, 11) is -3.13. The quantitative estimate of drug-likeness (QED) is 0.397. The maximum absolute atomic E-state index is 13.4. The number of hydrogen-bond acceptors (Lipinski definition) is 5. The van der Waals surface area contributed by atoms with E-state index in [1.165, 1.54) is 0 Å². The van der Waals surface area contributed by atoms with Crippen LogP contribution in [0.4, 0.5) is 5.69 Å². The summed E-state index contributed by atoms with van der Waals surface area (Å²) in [6.07, 6.45) is 0.459. The maximum Gasteiger partial charge on any atom is 0.256 e. The Kier molecular flexibility index (Phi) is 5.83. The van der Waals surface area contributed by atoms with Gasteiger partial charge in [0.2, 0.25) is 0 Å². The molecule has 174 valence electrons. The van der Waals surface area contributed by atoms with Gasteiger partial charge in [-0.3, -0.25) is 4.79 Å². The van der Waals surface area contributed by atoms with E-state index in [-0.39, 0.29) is 23.5 Å². The minimum absolute atomic E-state index is 0.00523. The number of nitrogens with zero attached hydrogens (tertiary/aromatic N) is 3. The molecule has 1 amide bonds. The SMILES string of the molecule is Cc1nn(C2CCS(=O)(=O)C2)c2nc(-c3ccccc3)cc(C(=O)Nc3ccc(Cl)c(Cl)c3)c12. The first-order valence-electron chi connectivity index (χ1n) is 10.6. The number of halogens is 2. The molecule has 2 aromatic heterocycles. The van der Waals surface area contributed by atoms with Crippen LogP contribution in [-0.2, 0) is 9.84 Å². The van der Waals surface area contributed by atoms with Gasteiger partial charge in [0.25, 0.3) is 5.91 Å². The van der Waals surface area contributed by atoms with Gasteiger partial charge in [-0.15, -0.1) is 0 Å². The lowest BCUT2D eigenvalue weighted by Gasteiger charge is -2.12. The molecule has 1 aliphatic rings. The van der Waals surface area contributed by atoms with E-state index in [9.17, 15) is 13.2 Å². The third-order valence-corrected chi connectivity index (χ3v) is 8.37. The Morgan fingerprint density at radius 1 is 1.09 bits per heavy atom. The Labute approximate surface area is 206 Å². The Morgan fingerprint density at radius 3 is 2.53 bits per heavy atom. The lowest BCUT2D eigenvalue weighted by molar-refractivity contribution is 0.102. The highest BCUT2D eigenvalue weighted by molar-refractivity contribution is 7.91. The summed E-state index contributed by atoms with van der Waals surface area (Å²) in [6.45, 7) is 1.79. The standard InChI is InChI=1S/C24H20Cl2N4O3S/c1-14-22-18(24(31)27-16-7-8-19(25)20(26)11-16)12-21(15-5-3-2-4-6-15)28-23(22)30(29-14)17-9-10-34(32,33)13-17/h2-8,11-12,17H,9-10,13H2,1H3,(H,27,31). The predicted octanol–water partition coefficient (Wildman–Crippen LogP) is 5.33. The molecule has 4 aromatic rings. The van der Waals surface area contributed by atoms with Crippen molar-refractivity contribution in [3.05, 3.63) is 75.9 Å². The number of anilines is 1. The smallest absolute Gasteiger partial charge is 0.256 e. The molecule has 1 unspecified atom stereocenters. The Balaban J connectivity index is 1.66. The summed E-state index contributed by atoms with van der Waals surface area (Å²) in [6, 6.07) is 15.8. The summed E-state index contributed by atoms with van der Waals surface area (Å²) in [5, 5.41) is 8.80.